The van der Waals surface area contributed by atoms with Crippen LogP contribution >= 0.6 is 11.3 Å². The van der Waals surface area contributed by atoms with Crippen LogP contribution in [0.4, 0.5) is 13.2 Å². The van der Waals surface area contributed by atoms with Gasteiger partial charge in [0.2, 0.25) is 0 Å². The van der Waals surface area contributed by atoms with E-state index in [1.54, 1.807) is 11.6 Å². The van der Waals surface area contributed by atoms with Gasteiger partial charge in [0.15, 0.2) is 11.3 Å². The standard InChI is InChI=1S/C21H24F3N7O3S2/c1-12(32)19-13(8-25)7-16(35-19)18-15(21(22,23)24)9-26-20(29-18)28-14-3-5-31(6-4-14)36(33,34)17-10-30(2)11-27-17/h7,9-12,14,20,28-29,32H,3-6H2,1-2H3. The SMILES string of the molecule is CC(O)c1sc(C2=C(C(F)(F)F)C=NC(NC3CCN(S(=O)(=O)c4cn(C)cn4)CC3)N2)cc1C#N. The summed E-state index contributed by atoms with van der Waals surface area (Å²) < 4.78 is 69.6. The Bertz CT molecular complexity index is 1330. The molecule has 0 bridgehead atoms. The first-order valence-corrected chi connectivity index (χ1v) is 13.2. The first-order chi connectivity index (χ1) is 16.9. The molecule has 10 nitrogen and oxygen atoms in total. The van der Waals surface area contributed by atoms with Crippen molar-refractivity contribution in [3.8, 4) is 6.07 Å². The van der Waals surface area contributed by atoms with Gasteiger partial charge in [-0.3, -0.25) is 10.3 Å². The zero-order valence-electron chi connectivity index (χ0n) is 19.3. The lowest BCUT2D eigenvalue weighted by molar-refractivity contribution is -0.0855. The van der Waals surface area contributed by atoms with Crippen LogP contribution < -0.4 is 10.6 Å². The molecule has 2 aliphatic heterocycles. The molecular formula is C21H24F3N7O3S2. The second-order valence-corrected chi connectivity index (χ2v) is 11.5. The maximum Gasteiger partial charge on any atom is 0.419 e. The fourth-order valence-corrected chi connectivity index (χ4v) is 6.54. The Morgan fingerprint density at radius 1 is 1.36 bits per heavy atom. The van der Waals surface area contributed by atoms with E-state index < -0.39 is 34.2 Å². The van der Waals surface area contributed by atoms with Crippen LogP contribution in [0.2, 0.25) is 0 Å². The molecule has 36 heavy (non-hydrogen) atoms. The molecule has 0 aliphatic carbocycles. The number of aliphatic imine (C=N–C) groups is 1. The van der Waals surface area contributed by atoms with Crippen LogP contribution in [0.3, 0.4) is 0 Å². The number of rotatable bonds is 6. The Morgan fingerprint density at radius 3 is 2.58 bits per heavy atom. The first-order valence-electron chi connectivity index (χ1n) is 11.0. The van der Waals surface area contributed by atoms with Gasteiger partial charge in [-0.1, -0.05) is 0 Å². The van der Waals surface area contributed by atoms with E-state index in [1.807, 2.05) is 6.07 Å². The van der Waals surface area contributed by atoms with Crippen LogP contribution in [0.1, 0.15) is 41.2 Å². The Labute approximate surface area is 209 Å². The lowest BCUT2D eigenvalue weighted by Gasteiger charge is -2.34. The predicted octanol–water partition coefficient (Wildman–Crippen LogP) is 2.08. The molecule has 2 aromatic heterocycles. The van der Waals surface area contributed by atoms with Gasteiger partial charge in [-0.05, 0) is 25.8 Å². The number of aromatic nitrogens is 2. The molecule has 2 aliphatic rings. The Hall–Kier alpha value is -2.77. The van der Waals surface area contributed by atoms with E-state index in [0.29, 0.717) is 12.8 Å². The fraction of sp³-hybridized carbons (Fsp3) is 0.476. The van der Waals surface area contributed by atoms with E-state index in [2.05, 4.69) is 20.6 Å². The summed E-state index contributed by atoms with van der Waals surface area (Å²) in [6, 6.07) is 3.02. The number of nitrogens with one attached hydrogen (secondary N) is 2. The zero-order valence-corrected chi connectivity index (χ0v) is 21.0. The highest BCUT2D eigenvalue weighted by molar-refractivity contribution is 7.89. The summed E-state index contributed by atoms with van der Waals surface area (Å²) in [5, 5.41) is 25.1. The average Bonchev–Trinajstić information content (AvgIpc) is 3.45. The molecule has 1 fully saturated rings. The number of aliphatic hydroxyl groups is 1. The minimum atomic E-state index is -4.69. The first kappa shape index (κ1) is 26.3. The lowest BCUT2D eigenvalue weighted by atomic mass is 10.1. The van der Waals surface area contributed by atoms with Gasteiger partial charge in [0, 0.05) is 38.6 Å². The van der Waals surface area contributed by atoms with Gasteiger partial charge in [-0.15, -0.1) is 11.3 Å². The normalized spacial score (nSPS) is 20.9. The largest absolute Gasteiger partial charge is 0.419 e. The third-order valence-corrected chi connectivity index (χ3v) is 8.96. The summed E-state index contributed by atoms with van der Waals surface area (Å²) in [6.45, 7) is 1.88. The van der Waals surface area contributed by atoms with Crippen molar-refractivity contribution in [2.24, 2.45) is 12.0 Å². The molecule has 3 N–H and O–H groups in total. The van der Waals surface area contributed by atoms with E-state index in [-0.39, 0.29) is 45.2 Å². The second-order valence-electron chi connectivity index (χ2n) is 8.51. The van der Waals surface area contributed by atoms with E-state index in [0.717, 1.165) is 17.6 Å². The number of allylic oxidation sites excluding steroid dienone is 1. The third kappa shape index (κ3) is 5.32. The summed E-state index contributed by atoms with van der Waals surface area (Å²) >= 11 is 0.906. The number of sulfonamides is 1. The molecule has 194 valence electrons. The van der Waals surface area contributed by atoms with Gasteiger partial charge >= 0.3 is 6.18 Å². The van der Waals surface area contributed by atoms with Gasteiger partial charge in [-0.25, -0.2) is 13.4 Å². The van der Waals surface area contributed by atoms with Crippen molar-refractivity contribution >= 4 is 33.3 Å². The maximum absolute atomic E-state index is 13.7. The quantitative estimate of drug-likeness (QED) is 0.508. The molecule has 4 heterocycles. The van der Waals surface area contributed by atoms with Crippen molar-refractivity contribution in [3.05, 3.63) is 39.5 Å². The number of hydrogen-bond acceptors (Lipinski definition) is 9. The van der Waals surface area contributed by atoms with Crippen molar-refractivity contribution < 1.29 is 26.7 Å². The van der Waals surface area contributed by atoms with Crippen LogP contribution in [-0.2, 0) is 17.1 Å². The van der Waals surface area contributed by atoms with Crippen LogP contribution in [0.25, 0.3) is 5.70 Å². The predicted molar refractivity (Wildman–Crippen MR) is 126 cm³/mol. The van der Waals surface area contributed by atoms with E-state index in [4.69, 9.17) is 0 Å². The summed E-state index contributed by atoms with van der Waals surface area (Å²) in [4.78, 5) is 8.32. The van der Waals surface area contributed by atoms with Gasteiger partial charge in [0.25, 0.3) is 10.0 Å². The smallest absolute Gasteiger partial charge is 0.388 e. The van der Waals surface area contributed by atoms with E-state index in [1.165, 1.54) is 29.8 Å². The molecule has 1 saturated heterocycles. The minimum Gasteiger partial charge on any atom is -0.388 e. The molecule has 0 saturated carbocycles. The van der Waals surface area contributed by atoms with Crippen molar-refractivity contribution in [1.29, 1.82) is 5.26 Å². The van der Waals surface area contributed by atoms with E-state index >= 15 is 0 Å². The van der Waals surface area contributed by atoms with Gasteiger partial charge < -0.3 is 15.0 Å². The van der Waals surface area contributed by atoms with E-state index in [9.17, 15) is 32.0 Å². The summed E-state index contributed by atoms with van der Waals surface area (Å²) in [5.74, 6) is 0. The number of imidazole rings is 1. The molecule has 0 radical (unpaired) electrons. The number of alkyl halides is 3. The lowest BCUT2D eigenvalue weighted by Crippen LogP contribution is -2.52. The number of nitrogens with zero attached hydrogens (tertiary/aromatic N) is 5. The molecule has 0 spiro atoms. The number of piperidine rings is 1. The number of halogens is 3. The summed E-state index contributed by atoms with van der Waals surface area (Å²) in [7, 11) is -2.05. The Balaban J connectivity index is 1.47. The number of aliphatic hydroxyl groups excluding tert-OH is 1. The monoisotopic (exact) mass is 543 g/mol. The number of thiophene rings is 1. The highest BCUT2D eigenvalue weighted by Crippen LogP contribution is 2.37. The molecular weight excluding hydrogens is 519 g/mol. The Kier molecular flexibility index (Phi) is 7.26. The summed E-state index contributed by atoms with van der Waals surface area (Å²) in [5.41, 5.74) is -1.12. The minimum absolute atomic E-state index is 0.0336. The van der Waals surface area contributed by atoms with Gasteiger partial charge in [0.05, 0.1) is 39.0 Å². The van der Waals surface area contributed by atoms with Crippen molar-refractivity contribution in [2.75, 3.05) is 13.1 Å². The molecule has 0 amide bonds. The Morgan fingerprint density at radius 2 is 2.06 bits per heavy atom. The van der Waals surface area contributed by atoms with Crippen LogP contribution in [0.5, 0.6) is 0 Å². The topological polar surface area (TPSA) is 136 Å². The highest BCUT2D eigenvalue weighted by atomic mass is 32.2. The van der Waals surface area contributed by atoms with Crippen molar-refractivity contribution in [3.63, 3.8) is 0 Å². The summed E-state index contributed by atoms with van der Waals surface area (Å²) in [6.07, 6.45) is -2.15. The molecule has 4 rings (SSSR count). The van der Waals surface area contributed by atoms with Gasteiger partial charge in [-0.2, -0.15) is 22.7 Å². The second kappa shape index (κ2) is 9.94. The van der Waals surface area contributed by atoms with Crippen molar-refractivity contribution in [2.45, 2.75) is 49.4 Å². The maximum atomic E-state index is 13.7. The molecule has 2 atom stereocenters. The number of aryl methyl sites for hydroxylation is 1. The van der Waals surface area contributed by atoms with Gasteiger partial charge in [0.1, 0.15) is 6.07 Å². The molecule has 15 heteroatoms. The van der Waals surface area contributed by atoms with Crippen LogP contribution in [0.15, 0.2) is 34.2 Å². The van der Waals surface area contributed by atoms with Crippen LogP contribution in [0, 0.1) is 11.3 Å². The molecule has 0 aromatic carbocycles. The fourth-order valence-electron chi connectivity index (χ4n) is 4.04. The molecule has 2 unspecified atom stereocenters. The van der Waals surface area contributed by atoms with Crippen LogP contribution in [-0.4, -0.2) is 65.2 Å². The highest BCUT2D eigenvalue weighted by Gasteiger charge is 2.39. The molecule has 2 aromatic rings. The third-order valence-electron chi connectivity index (χ3n) is 5.85. The zero-order chi connectivity index (χ0) is 26.3. The number of hydrogen-bond donors (Lipinski definition) is 3. The average molecular weight is 544 g/mol. The number of nitriles is 1. The van der Waals surface area contributed by atoms with Crippen molar-refractivity contribution in [1.82, 2.24) is 24.5 Å².